The highest BCUT2D eigenvalue weighted by Gasteiger charge is 2.32. The Kier molecular flexibility index (Phi) is 7.02. The average molecular weight is 507 g/mol. The number of ether oxygens (including phenoxy) is 1. The summed E-state index contributed by atoms with van der Waals surface area (Å²) in [4.78, 5) is 65.6. The van der Waals surface area contributed by atoms with Gasteiger partial charge >= 0.3 is 5.69 Å². The van der Waals surface area contributed by atoms with Crippen molar-refractivity contribution in [3.63, 3.8) is 0 Å². The summed E-state index contributed by atoms with van der Waals surface area (Å²) in [5.41, 5.74) is 0.0947. The van der Waals surface area contributed by atoms with Crippen molar-refractivity contribution in [2.75, 3.05) is 33.3 Å². The number of nitrogens with zero attached hydrogens (tertiary/aromatic N) is 5. The van der Waals surface area contributed by atoms with Crippen LogP contribution in [0.25, 0.3) is 10.9 Å². The highest BCUT2D eigenvalue weighted by molar-refractivity contribution is 5.92. The second-order valence-corrected chi connectivity index (χ2v) is 9.69. The van der Waals surface area contributed by atoms with E-state index >= 15 is 0 Å². The molecule has 194 valence electrons. The zero-order valence-corrected chi connectivity index (χ0v) is 20.8. The van der Waals surface area contributed by atoms with Crippen LogP contribution in [-0.2, 0) is 11.3 Å². The van der Waals surface area contributed by atoms with E-state index in [1.165, 1.54) is 18.0 Å². The average Bonchev–Trinajstić information content (AvgIpc) is 2.95. The van der Waals surface area contributed by atoms with Crippen LogP contribution >= 0.6 is 0 Å². The van der Waals surface area contributed by atoms with Crippen molar-refractivity contribution >= 4 is 22.7 Å². The smallest absolute Gasteiger partial charge is 0.328 e. The number of amides is 2. The molecule has 0 unspecified atom stereocenters. The Morgan fingerprint density at radius 3 is 2.43 bits per heavy atom. The molecule has 11 nitrogen and oxygen atoms in total. The molecule has 1 aliphatic heterocycles. The molecule has 3 aromatic rings. The Morgan fingerprint density at radius 2 is 1.76 bits per heavy atom. The predicted molar refractivity (Wildman–Crippen MR) is 135 cm³/mol. The Hall–Kier alpha value is -4.02. The molecule has 1 saturated heterocycles. The van der Waals surface area contributed by atoms with E-state index in [1.54, 1.807) is 35.4 Å². The van der Waals surface area contributed by atoms with Gasteiger partial charge in [0.05, 0.1) is 18.0 Å². The van der Waals surface area contributed by atoms with Crippen LogP contribution in [0, 0.1) is 11.8 Å². The molecular weight excluding hydrogens is 476 g/mol. The molecule has 3 heterocycles. The number of nitrogens with one attached hydrogen (secondary N) is 1. The van der Waals surface area contributed by atoms with Gasteiger partial charge in [0.15, 0.2) is 0 Å². The van der Waals surface area contributed by atoms with E-state index in [0.29, 0.717) is 55.1 Å². The molecule has 11 heteroatoms. The van der Waals surface area contributed by atoms with Crippen LogP contribution in [0.15, 0.2) is 46.4 Å². The van der Waals surface area contributed by atoms with Crippen molar-refractivity contribution in [3.8, 4) is 5.75 Å². The number of carbonyl (C=O) groups excluding carboxylic acids is 2. The van der Waals surface area contributed by atoms with E-state index in [2.05, 4.69) is 15.0 Å². The normalized spacial score (nSPS) is 20.1. The van der Waals surface area contributed by atoms with Crippen LogP contribution in [0.5, 0.6) is 5.75 Å². The summed E-state index contributed by atoms with van der Waals surface area (Å²) in [6.45, 7) is 2.28. The van der Waals surface area contributed by atoms with Gasteiger partial charge < -0.3 is 19.5 Å². The highest BCUT2D eigenvalue weighted by atomic mass is 16.5. The number of rotatable bonds is 5. The van der Waals surface area contributed by atoms with Gasteiger partial charge in [0, 0.05) is 44.8 Å². The molecule has 0 spiro atoms. The largest absolute Gasteiger partial charge is 0.497 e. The summed E-state index contributed by atoms with van der Waals surface area (Å²) in [6, 6.07) is 6.61. The van der Waals surface area contributed by atoms with Crippen LogP contribution in [0.1, 0.15) is 36.2 Å². The van der Waals surface area contributed by atoms with Gasteiger partial charge in [-0.25, -0.2) is 14.8 Å². The minimum absolute atomic E-state index is 0.0729. The van der Waals surface area contributed by atoms with Crippen LogP contribution in [0.2, 0.25) is 0 Å². The van der Waals surface area contributed by atoms with Gasteiger partial charge in [0.2, 0.25) is 5.91 Å². The van der Waals surface area contributed by atoms with E-state index in [0.717, 1.165) is 25.7 Å². The minimum atomic E-state index is -0.421. The maximum Gasteiger partial charge on any atom is 0.328 e. The molecule has 2 fully saturated rings. The molecule has 1 aromatic carbocycles. The third-order valence-corrected chi connectivity index (χ3v) is 7.51. The zero-order chi connectivity index (χ0) is 25.9. The lowest BCUT2D eigenvalue weighted by atomic mass is 9.81. The third kappa shape index (κ3) is 5.11. The molecule has 2 aliphatic rings. The Morgan fingerprint density at radius 1 is 1.03 bits per heavy atom. The predicted octanol–water partition coefficient (Wildman–Crippen LogP) is 1.28. The van der Waals surface area contributed by atoms with Gasteiger partial charge in [0.25, 0.3) is 11.5 Å². The Bertz CT molecular complexity index is 1400. The van der Waals surface area contributed by atoms with Gasteiger partial charge in [0.1, 0.15) is 17.8 Å². The van der Waals surface area contributed by atoms with Gasteiger partial charge in [-0.05, 0) is 55.9 Å². The SMILES string of the molecule is COc1ccc2[nH]c(=O)n(CC3CCC(C(=O)N4CCN(C(=O)c5ccncn5)CC4)CC3)c(=O)c2c1. The summed E-state index contributed by atoms with van der Waals surface area (Å²) in [7, 11) is 1.53. The van der Waals surface area contributed by atoms with Crippen LogP contribution in [-0.4, -0.2) is 74.4 Å². The number of methoxy groups -OCH3 is 1. The number of aromatic nitrogens is 4. The number of fused-ring (bicyclic) bond motifs is 1. The lowest BCUT2D eigenvalue weighted by Gasteiger charge is -2.37. The van der Waals surface area contributed by atoms with Crippen LogP contribution in [0.4, 0.5) is 0 Å². The van der Waals surface area contributed by atoms with Gasteiger partial charge in [-0.1, -0.05) is 0 Å². The van der Waals surface area contributed by atoms with E-state index in [9.17, 15) is 19.2 Å². The minimum Gasteiger partial charge on any atom is -0.497 e. The van der Waals surface area contributed by atoms with Crippen LogP contribution < -0.4 is 16.0 Å². The summed E-state index contributed by atoms with van der Waals surface area (Å²) in [5, 5.41) is 0.417. The van der Waals surface area contributed by atoms with Crippen molar-refractivity contribution in [2.45, 2.75) is 32.2 Å². The fourth-order valence-corrected chi connectivity index (χ4v) is 5.34. The molecule has 1 aliphatic carbocycles. The van der Waals surface area contributed by atoms with E-state index < -0.39 is 5.69 Å². The highest BCUT2D eigenvalue weighted by Crippen LogP contribution is 2.31. The second kappa shape index (κ2) is 10.5. The maximum atomic E-state index is 13.2. The van der Waals surface area contributed by atoms with E-state index in [-0.39, 0.29) is 29.2 Å². The molecular formula is C26H30N6O5. The lowest BCUT2D eigenvalue weighted by molar-refractivity contribution is -0.138. The fraction of sp³-hybridized carbons (Fsp3) is 0.462. The van der Waals surface area contributed by atoms with Crippen LogP contribution in [0.3, 0.4) is 0 Å². The van der Waals surface area contributed by atoms with Crippen molar-refractivity contribution in [2.24, 2.45) is 11.8 Å². The summed E-state index contributed by atoms with van der Waals surface area (Å²) in [6.07, 6.45) is 5.87. The Balaban J connectivity index is 1.16. The third-order valence-electron chi connectivity index (χ3n) is 7.51. The maximum absolute atomic E-state index is 13.2. The Labute approximate surface area is 213 Å². The first-order valence-electron chi connectivity index (χ1n) is 12.6. The molecule has 1 saturated carbocycles. The number of carbonyl (C=O) groups is 2. The number of aromatic amines is 1. The number of hydrogen-bond donors (Lipinski definition) is 1. The standard InChI is InChI=1S/C26H30N6O5/c1-37-19-6-7-21-20(14-19)24(34)32(26(36)29-21)15-17-2-4-18(5-3-17)23(33)30-10-12-31(13-11-30)25(35)22-8-9-27-16-28-22/h6-9,14,16-18H,2-5,10-13,15H2,1H3,(H,29,36). The van der Waals surface area contributed by atoms with Gasteiger partial charge in [-0.3, -0.25) is 19.0 Å². The molecule has 0 atom stereocenters. The molecule has 1 N–H and O–H groups in total. The van der Waals surface area contributed by atoms with Crippen molar-refractivity contribution in [3.05, 3.63) is 63.3 Å². The second-order valence-electron chi connectivity index (χ2n) is 9.69. The van der Waals surface area contributed by atoms with E-state index in [4.69, 9.17) is 4.74 Å². The lowest BCUT2D eigenvalue weighted by Crippen LogP contribution is -2.52. The molecule has 0 bridgehead atoms. The number of H-pyrrole nitrogens is 1. The topological polar surface area (TPSA) is 130 Å². The first-order valence-corrected chi connectivity index (χ1v) is 12.6. The van der Waals surface area contributed by atoms with Crippen molar-refractivity contribution in [1.82, 2.24) is 29.3 Å². The fourth-order valence-electron chi connectivity index (χ4n) is 5.34. The number of piperazine rings is 1. The van der Waals surface area contributed by atoms with E-state index in [1.807, 2.05) is 4.90 Å². The summed E-state index contributed by atoms with van der Waals surface area (Å²) < 4.78 is 6.49. The van der Waals surface area contributed by atoms with Gasteiger partial charge in [-0.15, -0.1) is 0 Å². The molecule has 37 heavy (non-hydrogen) atoms. The zero-order valence-electron chi connectivity index (χ0n) is 20.8. The molecule has 5 rings (SSSR count). The molecule has 2 aromatic heterocycles. The summed E-state index contributed by atoms with van der Waals surface area (Å²) in [5.74, 6) is 0.610. The monoisotopic (exact) mass is 506 g/mol. The first kappa shape index (κ1) is 24.7. The first-order chi connectivity index (χ1) is 17.9. The number of hydrogen-bond acceptors (Lipinski definition) is 7. The molecule has 2 amide bonds. The molecule has 0 radical (unpaired) electrons. The van der Waals surface area contributed by atoms with Crippen molar-refractivity contribution < 1.29 is 14.3 Å². The van der Waals surface area contributed by atoms with Crippen molar-refractivity contribution in [1.29, 1.82) is 0 Å². The number of benzene rings is 1. The summed E-state index contributed by atoms with van der Waals surface area (Å²) >= 11 is 0. The quantitative estimate of drug-likeness (QED) is 0.552. The van der Waals surface area contributed by atoms with Gasteiger partial charge in [-0.2, -0.15) is 0 Å².